The SMILES string of the molecule is CC(C)CC1(C(O)C2=CCCC2)CCCC1. The van der Waals surface area contributed by atoms with Crippen molar-refractivity contribution in [3.8, 4) is 0 Å². The van der Waals surface area contributed by atoms with Gasteiger partial charge in [0.15, 0.2) is 0 Å². The predicted molar refractivity (Wildman–Crippen MR) is 68.3 cm³/mol. The van der Waals surface area contributed by atoms with E-state index in [4.69, 9.17) is 0 Å². The van der Waals surface area contributed by atoms with Crippen LogP contribution < -0.4 is 0 Å². The molecule has 1 N–H and O–H groups in total. The fraction of sp³-hybridized carbons (Fsp3) is 0.867. The van der Waals surface area contributed by atoms with E-state index in [1.54, 1.807) is 0 Å². The van der Waals surface area contributed by atoms with Gasteiger partial charge in [-0.3, -0.25) is 0 Å². The van der Waals surface area contributed by atoms with Gasteiger partial charge in [-0.15, -0.1) is 0 Å². The van der Waals surface area contributed by atoms with Gasteiger partial charge in [0, 0.05) is 5.41 Å². The van der Waals surface area contributed by atoms with Crippen LogP contribution in [0.4, 0.5) is 0 Å². The monoisotopic (exact) mass is 222 g/mol. The normalized spacial score (nSPS) is 26.1. The molecule has 0 aromatic heterocycles. The van der Waals surface area contributed by atoms with Crippen LogP contribution in [0, 0.1) is 11.3 Å². The van der Waals surface area contributed by atoms with E-state index < -0.39 is 0 Å². The first kappa shape index (κ1) is 12.2. The minimum atomic E-state index is -0.139. The van der Waals surface area contributed by atoms with E-state index >= 15 is 0 Å². The molecule has 0 radical (unpaired) electrons. The largest absolute Gasteiger partial charge is 0.388 e. The molecular weight excluding hydrogens is 196 g/mol. The molecule has 0 spiro atoms. The Morgan fingerprint density at radius 1 is 1.25 bits per heavy atom. The highest BCUT2D eigenvalue weighted by Gasteiger charge is 2.42. The van der Waals surface area contributed by atoms with Crippen molar-refractivity contribution in [3.05, 3.63) is 11.6 Å². The molecule has 1 atom stereocenters. The highest BCUT2D eigenvalue weighted by molar-refractivity contribution is 5.17. The minimum Gasteiger partial charge on any atom is -0.388 e. The molecule has 0 aliphatic heterocycles. The third-order valence-corrected chi connectivity index (χ3v) is 4.42. The summed E-state index contributed by atoms with van der Waals surface area (Å²) in [5.74, 6) is 0.703. The maximum Gasteiger partial charge on any atom is 0.0806 e. The lowest BCUT2D eigenvalue weighted by atomic mass is 9.71. The second kappa shape index (κ2) is 4.91. The summed E-state index contributed by atoms with van der Waals surface area (Å²) in [5.41, 5.74) is 1.58. The van der Waals surface area contributed by atoms with Crippen molar-refractivity contribution < 1.29 is 5.11 Å². The van der Waals surface area contributed by atoms with Crippen LogP contribution in [-0.2, 0) is 0 Å². The van der Waals surface area contributed by atoms with E-state index in [-0.39, 0.29) is 11.5 Å². The van der Waals surface area contributed by atoms with Crippen molar-refractivity contribution in [2.24, 2.45) is 11.3 Å². The summed E-state index contributed by atoms with van der Waals surface area (Å²) in [6.45, 7) is 4.58. The first-order chi connectivity index (χ1) is 7.64. The Bertz CT molecular complexity index is 259. The fourth-order valence-corrected chi connectivity index (χ4v) is 3.82. The molecule has 16 heavy (non-hydrogen) atoms. The predicted octanol–water partition coefficient (Wildman–Crippen LogP) is 4.06. The molecule has 1 nitrogen and oxygen atoms in total. The number of hydrogen-bond donors (Lipinski definition) is 1. The zero-order chi connectivity index (χ0) is 11.6. The van der Waals surface area contributed by atoms with Gasteiger partial charge in [-0.1, -0.05) is 32.8 Å². The van der Waals surface area contributed by atoms with Crippen LogP contribution in [0.5, 0.6) is 0 Å². The Morgan fingerprint density at radius 2 is 1.94 bits per heavy atom. The molecular formula is C15H26O. The van der Waals surface area contributed by atoms with Gasteiger partial charge in [0.1, 0.15) is 0 Å². The van der Waals surface area contributed by atoms with E-state index in [2.05, 4.69) is 19.9 Å². The van der Waals surface area contributed by atoms with Gasteiger partial charge in [-0.25, -0.2) is 0 Å². The van der Waals surface area contributed by atoms with Crippen molar-refractivity contribution in [3.63, 3.8) is 0 Å². The number of aliphatic hydroxyl groups excluding tert-OH is 1. The van der Waals surface area contributed by atoms with Crippen molar-refractivity contribution in [1.82, 2.24) is 0 Å². The Kier molecular flexibility index (Phi) is 3.73. The zero-order valence-electron chi connectivity index (χ0n) is 10.8. The van der Waals surface area contributed by atoms with Crippen LogP contribution in [0.3, 0.4) is 0 Å². The van der Waals surface area contributed by atoms with Gasteiger partial charge < -0.3 is 5.11 Å². The number of hydrogen-bond acceptors (Lipinski definition) is 1. The third kappa shape index (κ3) is 2.34. The molecule has 1 saturated carbocycles. The summed E-state index contributed by atoms with van der Waals surface area (Å²) in [7, 11) is 0. The van der Waals surface area contributed by atoms with E-state index in [9.17, 15) is 5.11 Å². The van der Waals surface area contributed by atoms with Crippen molar-refractivity contribution in [2.75, 3.05) is 0 Å². The molecule has 1 heteroatoms. The minimum absolute atomic E-state index is 0.139. The lowest BCUT2D eigenvalue weighted by molar-refractivity contribution is 0.0379. The molecule has 0 heterocycles. The Balaban J connectivity index is 2.11. The highest BCUT2D eigenvalue weighted by Crippen LogP contribution is 2.48. The maximum atomic E-state index is 10.7. The summed E-state index contributed by atoms with van der Waals surface area (Å²) in [6.07, 6.45) is 12.0. The van der Waals surface area contributed by atoms with Gasteiger partial charge in [0.2, 0.25) is 0 Å². The lowest BCUT2D eigenvalue weighted by Crippen LogP contribution is -2.35. The molecule has 0 aromatic carbocycles. The molecule has 0 amide bonds. The number of aliphatic hydroxyl groups is 1. The molecule has 92 valence electrons. The standard InChI is InChI=1S/C15H26O/c1-12(2)11-15(9-5-6-10-15)14(16)13-7-3-4-8-13/h7,12,14,16H,3-6,8-11H2,1-2H3. The highest BCUT2D eigenvalue weighted by atomic mass is 16.3. The summed E-state index contributed by atoms with van der Waals surface area (Å²) >= 11 is 0. The molecule has 0 saturated heterocycles. The van der Waals surface area contributed by atoms with Crippen LogP contribution in [0.15, 0.2) is 11.6 Å². The lowest BCUT2D eigenvalue weighted by Gasteiger charge is -2.37. The Hall–Kier alpha value is -0.300. The smallest absolute Gasteiger partial charge is 0.0806 e. The average molecular weight is 222 g/mol. The van der Waals surface area contributed by atoms with Crippen LogP contribution in [0.2, 0.25) is 0 Å². The summed E-state index contributed by atoms with van der Waals surface area (Å²) in [5, 5.41) is 10.7. The van der Waals surface area contributed by atoms with Crippen molar-refractivity contribution in [2.45, 2.75) is 71.3 Å². The molecule has 2 aliphatic rings. The molecule has 2 rings (SSSR count). The quantitative estimate of drug-likeness (QED) is 0.711. The molecule has 0 aromatic rings. The molecule has 1 fully saturated rings. The van der Waals surface area contributed by atoms with E-state index in [1.165, 1.54) is 50.5 Å². The Morgan fingerprint density at radius 3 is 2.44 bits per heavy atom. The zero-order valence-corrected chi connectivity index (χ0v) is 10.8. The van der Waals surface area contributed by atoms with Crippen LogP contribution in [-0.4, -0.2) is 11.2 Å². The van der Waals surface area contributed by atoms with Crippen molar-refractivity contribution in [1.29, 1.82) is 0 Å². The van der Waals surface area contributed by atoms with Crippen LogP contribution in [0.1, 0.15) is 65.2 Å². The van der Waals surface area contributed by atoms with Crippen LogP contribution in [0.25, 0.3) is 0 Å². The molecule has 2 aliphatic carbocycles. The molecule has 0 bridgehead atoms. The number of allylic oxidation sites excluding steroid dienone is 1. The first-order valence-electron chi connectivity index (χ1n) is 7.01. The van der Waals surface area contributed by atoms with E-state index in [0.29, 0.717) is 5.92 Å². The second-order valence-electron chi connectivity index (χ2n) is 6.24. The Labute approximate surface area is 99.9 Å². The van der Waals surface area contributed by atoms with E-state index in [0.717, 1.165) is 6.42 Å². The summed E-state index contributed by atoms with van der Waals surface area (Å²) in [4.78, 5) is 0. The third-order valence-electron chi connectivity index (χ3n) is 4.42. The molecule has 1 unspecified atom stereocenters. The van der Waals surface area contributed by atoms with E-state index in [1.807, 2.05) is 0 Å². The van der Waals surface area contributed by atoms with Gasteiger partial charge in [-0.2, -0.15) is 0 Å². The van der Waals surface area contributed by atoms with Gasteiger partial charge in [0.25, 0.3) is 0 Å². The number of rotatable bonds is 4. The first-order valence-corrected chi connectivity index (χ1v) is 7.01. The maximum absolute atomic E-state index is 10.7. The topological polar surface area (TPSA) is 20.2 Å². The fourth-order valence-electron chi connectivity index (χ4n) is 3.82. The summed E-state index contributed by atoms with van der Waals surface area (Å²) < 4.78 is 0. The van der Waals surface area contributed by atoms with Gasteiger partial charge in [0.05, 0.1) is 6.10 Å². The second-order valence-corrected chi connectivity index (χ2v) is 6.24. The van der Waals surface area contributed by atoms with Crippen molar-refractivity contribution >= 4 is 0 Å². The van der Waals surface area contributed by atoms with Crippen LogP contribution >= 0.6 is 0 Å². The average Bonchev–Trinajstić information content (AvgIpc) is 2.85. The van der Waals surface area contributed by atoms with Gasteiger partial charge >= 0.3 is 0 Å². The summed E-state index contributed by atoms with van der Waals surface area (Å²) in [6, 6.07) is 0. The van der Waals surface area contributed by atoms with Gasteiger partial charge in [-0.05, 0) is 50.0 Å².